The van der Waals surface area contributed by atoms with Gasteiger partial charge in [-0.1, -0.05) is 6.92 Å². The zero-order valence-electron chi connectivity index (χ0n) is 11.8. The Labute approximate surface area is 117 Å². The van der Waals surface area contributed by atoms with E-state index in [-0.39, 0.29) is 5.91 Å². The summed E-state index contributed by atoms with van der Waals surface area (Å²) in [5.74, 6) is 0.307. The number of fused-ring (bicyclic) bond motifs is 1. The van der Waals surface area contributed by atoms with E-state index in [0.717, 1.165) is 24.1 Å². The van der Waals surface area contributed by atoms with E-state index in [1.807, 2.05) is 20.0 Å². The smallest absolute Gasteiger partial charge is 0.251 e. The molecular formula is C14H20N4O2. The molecule has 0 aliphatic rings. The fraction of sp³-hybridized carbons (Fsp3) is 0.429. The van der Waals surface area contributed by atoms with Crippen LogP contribution in [-0.2, 0) is 11.8 Å². The highest BCUT2D eigenvalue weighted by molar-refractivity contribution is 5.97. The first kappa shape index (κ1) is 14.3. The number of anilines is 1. The first-order valence-electron chi connectivity index (χ1n) is 6.71. The van der Waals surface area contributed by atoms with Crippen LogP contribution in [0.5, 0.6) is 0 Å². The van der Waals surface area contributed by atoms with Crippen molar-refractivity contribution in [2.24, 2.45) is 7.05 Å². The maximum atomic E-state index is 12.0. The molecule has 0 fully saturated rings. The molecule has 1 aromatic carbocycles. The van der Waals surface area contributed by atoms with E-state index < -0.39 is 0 Å². The quantitative estimate of drug-likeness (QED) is 0.779. The molecular weight excluding hydrogens is 256 g/mol. The Morgan fingerprint density at radius 1 is 1.45 bits per heavy atom. The zero-order chi connectivity index (χ0) is 14.5. The van der Waals surface area contributed by atoms with Crippen molar-refractivity contribution in [2.45, 2.75) is 13.3 Å². The summed E-state index contributed by atoms with van der Waals surface area (Å²) in [4.78, 5) is 16.2. The fourth-order valence-electron chi connectivity index (χ4n) is 1.94. The molecule has 20 heavy (non-hydrogen) atoms. The first-order valence-corrected chi connectivity index (χ1v) is 6.71. The van der Waals surface area contributed by atoms with Crippen molar-refractivity contribution in [2.75, 3.05) is 25.5 Å². The Balaban J connectivity index is 2.00. The van der Waals surface area contributed by atoms with Crippen LogP contribution in [0, 0.1) is 0 Å². The van der Waals surface area contributed by atoms with E-state index in [2.05, 4.69) is 10.3 Å². The van der Waals surface area contributed by atoms with Gasteiger partial charge in [-0.2, -0.15) is 0 Å². The molecule has 0 bridgehead atoms. The lowest BCUT2D eigenvalue weighted by atomic mass is 10.2. The molecule has 2 aromatic rings. The highest BCUT2D eigenvalue weighted by Crippen LogP contribution is 2.17. The van der Waals surface area contributed by atoms with E-state index in [9.17, 15) is 4.79 Å². The van der Waals surface area contributed by atoms with Crippen molar-refractivity contribution < 1.29 is 9.53 Å². The number of hydrogen-bond donors (Lipinski definition) is 2. The molecule has 1 amide bonds. The van der Waals surface area contributed by atoms with Crippen molar-refractivity contribution >= 4 is 22.9 Å². The van der Waals surface area contributed by atoms with Crippen molar-refractivity contribution in [3.05, 3.63) is 23.8 Å². The van der Waals surface area contributed by atoms with Gasteiger partial charge in [-0.3, -0.25) is 4.79 Å². The predicted molar refractivity (Wildman–Crippen MR) is 78.6 cm³/mol. The Bertz CT molecular complexity index is 606. The molecule has 2 rings (SSSR count). The molecule has 0 radical (unpaired) electrons. The number of nitrogen functional groups attached to an aromatic ring is 1. The summed E-state index contributed by atoms with van der Waals surface area (Å²) in [5, 5.41) is 2.81. The number of imidazole rings is 1. The number of hydrogen-bond acceptors (Lipinski definition) is 4. The zero-order valence-corrected chi connectivity index (χ0v) is 11.8. The molecule has 1 heterocycles. The summed E-state index contributed by atoms with van der Waals surface area (Å²) in [6.07, 6.45) is 0.978. The minimum Gasteiger partial charge on any atom is -0.380 e. The Kier molecular flexibility index (Phi) is 4.57. The van der Waals surface area contributed by atoms with Crippen LogP contribution < -0.4 is 11.1 Å². The molecule has 0 aliphatic carbocycles. The number of nitrogens with one attached hydrogen (secondary N) is 1. The number of aromatic nitrogens is 2. The number of benzene rings is 1. The third-order valence-electron chi connectivity index (χ3n) is 3.06. The summed E-state index contributed by atoms with van der Waals surface area (Å²) < 4.78 is 7.10. The number of carbonyl (C=O) groups excluding carboxylic acids is 1. The Morgan fingerprint density at radius 3 is 3.00 bits per heavy atom. The van der Waals surface area contributed by atoms with Crippen LogP contribution in [0.4, 0.5) is 5.95 Å². The first-order chi connectivity index (χ1) is 9.63. The van der Waals surface area contributed by atoms with E-state index in [1.165, 1.54) is 0 Å². The molecule has 1 aromatic heterocycles. The monoisotopic (exact) mass is 276 g/mol. The third-order valence-corrected chi connectivity index (χ3v) is 3.06. The highest BCUT2D eigenvalue weighted by Gasteiger charge is 2.09. The van der Waals surface area contributed by atoms with Gasteiger partial charge in [-0.05, 0) is 24.6 Å². The normalized spacial score (nSPS) is 10.9. The van der Waals surface area contributed by atoms with Gasteiger partial charge in [-0.25, -0.2) is 4.98 Å². The van der Waals surface area contributed by atoms with Gasteiger partial charge in [0.15, 0.2) is 0 Å². The Morgan fingerprint density at radius 2 is 2.25 bits per heavy atom. The number of ether oxygens (including phenoxy) is 1. The third kappa shape index (κ3) is 3.08. The van der Waals surface area contributed by atoms with Crippen molar-refractivity contribution in [1.82, 2.24) is 14.9 Å². The van der Waals surface area contributed by atoms with E-state index in [4.69, 9.17) is 10.5 Å². The molecule has 0 unspecified atom stereocenters. The molecule has 6 heteroatoms. The number of nitrogens with zero attached hydrogens (tertiary/aromatic N) is 2. The van der Waals surface area contributed by atoms with Crippen LogP contribution in [0.1, 0.15) is 23.7 Å². The van der Waals surface area contributed by atoms with Crippen LogP contribution in [0.2, 0.25) is 0 Å². The highest BCUT2D eigenvalue weighted by atomic mass is 16.5. The van der Waals surface area contributed by atoms with E-state index in [1.54, 1.807) is 16.7 Å². The van der Waals surface area contributed by atoms with Crippen molar-refractivity contribution in [3.63, 3.8) is 0 Å². The largest absolute Gasteiger partial charge is 0.380 e. The standard InChI is InChI=1S/C14H20N4O2/c1-3-7-20-8-6-16-13(19)10-4-5-12-11(9-10)17-14(15)18(12)2/h4-5,9H,3,6-8H2,1-2H3,(H2,15,17)(H,16,19). The molecule has 108 valence electrons. The number of nitrogens with two attached hydrogens (primary N) is 1. The summed E-state index contributed by atoms with van der Waals surface area (Å²) in [7, 11) is 1.84. The van der Waals surface area contributed by atoms with Crippen LogP contribution in [0.3, 0.4) is 0 Å². The summed E-state index contributed by atoms with van der Waals surface area (Å²) in [6.45, 7) is 3.79. The predicted octanol–water partition coefficient (Wildman–Crippen LogP) is 1.31. The summed E-state index contributed by atoms with van der Waals surface area (Å²) in [5.41, 5.74) is 7.95. The molecule has 0 aliphatic heterocycles. The number of amides is 1. The number of rotatable bonds is 6. The molecule has 3 N–H and O–H groups in total. The minimum absolute atomic E-state index is 0.128. The molecule has 6 nitrogen and oxygen atoms in total. The van der Waals surface area contributed by atoms with Crippen LogP contribution >= 0.6 is 0 Å². The lowest BCUT2D eigenvalue weighted by Crippen LogP contribution is -2.27. The molecule has 0 saturated heterocycles. The maximum absolute atomic E-state index is 12.0. The second-order valence-corrected chi connectivity index (χ2v) is 4.60. The molecule has 0 atom stereocenters. The molecule has 0 saturated carbocycles. The number of carbonyl (C=O) groups is 1. The maximum Gasteiger partial charge on any atom is 0.251 e. The van der Waals surface area contributed by atoms with Gasteiger partial charge in [0.1, 0.15) is 0 Å². The number of aryl methyl sites for hydroxylation is 1. The van der Waals surface area contributed by atoms with Gasteiger partial charge in [0.2, 0.25) is 5.95 Å². The lowest BCUT2D eigenvalue weighted by molar-refractivity contribution is 0.0915. The van der Waals surface area contributed by atoms with Crippen molar-refractivity contribution in [1.29, 1.82) is 0 Å². The van der Waals surface area contributed by atoms with Gasteiger partial charge in [0.05, 0.1) is 17.6 Å². The van der Waals surface area contributed by atoms with Gasteiger partial charge in [0.25, 0.3) is 5.91 Å². The van der Waals surface area contributed by atoms with Gasteiger partial charge in [0, 0.05) is 25.8 Å². The van der Waals surface area contributed by atoms with Crippen LogP contribution in [-0.4, -0.2) is 35.2 Å². The lowest BCUT2D eigenvalue weighted by Gasteiger charge is -2.06. The van der Waals surface area contributed by atoms with Gasteiger partial charge < -0.3 is 20.4 Å². The minimum atomic E-state index is -0.128. The SMILES string of the molecule is CCCOCCNC(=O)c1ccc2c(c1)nc(N)n2C. The Hall–Kier alpha value is -2.08. The van der Waals surface area contributed by atoms with Crippen molar-refractivity contribution in [3.8, 4) is 0 Å². The summed E-state index contributed by atoms with van der Waals surface area (Å²) in [6, 6.07) is 5.36. The fourth-order valence-corrected chi connectivity index (χ4v) is 1.94. The van der Waals surface area contributed by atoms with Crippen LogP contribution in [0.25, 0.3) is 11.0 Å². The van der Waals surface area contributed by atoms with E-state index >= 15 is 0 Å². The van der Waals surface area contributed by atoms with Crippen LogP contribution in [0.15, 0.2) is 18.2 Å². The second kappa shape index (κ2) is 6.38. The molecule has 0 spiro atoms. The van der Waals surface area contributed by atoms with E-state index in [0.29, 0.717) is 24.7 Å². The van der Waals surface area contributed by atoms with Gasteiger partial charge in [-0.15, -0.1) is 0 Å². The average molecular weight is 276 g/mol. The summed E-state index contributed by atoms with van der Waals surface area (Å²) >= 11 is 0. The average Bonchev–Trinajstić information content (AvgIpc) is 2.73. The topological polar surface area (TPSA) is 82.2 Å². The van der Waals surface area contributed by atoms with Gasteiger partial charge >= 0.3 is 0 Å². The second-order valence-electron chi connectivity index (χ2n) is 4.60.